The van der Waals surface area contributed by atoms with Crippen LogP contribution < -0.4 is 10.6 Å². The van der Waals surface area contributed by atoms with E-state index in [4.69, 9.17) is 0 Å². The third-order valence-electron chi connectivity index (χ3n) is 4.18. The number of hydrogen-bond donors (Lipinski definition) is 2. The lowest BCUT2D eigenvalue weighted by Crippen LogP contribution is -2.36. The highest BCUT2D eigenvalue weighted by Crippen LogP contribution is 2.13. The van der Waals surface area contributed by atoms with Gasteiger partial charge in [-0.15, -0.1) is 0 Å². The van der Waals surface area contributed by atoms with E-state index in [0.717, 1.165) is 43.5 Å². The topological polar surface area (TPSA) is 41.1 Å². The molecule has 3 nitrogen and oxygen atoms in total. The minimum Gasteiger partial charge on any atom is -0.348 e. The van der Waals surface area contributed by atoms with Gasteiger partial charge in [0.05, 0.1) is 0 Å². The van der Waals surface area contributed by atoms with E-state index in [1.54, 1.807) is 0 Å². The molecule has 1 saturated heterocycles. The van der Waals surface area contributed by atoms with Crippen molar-refractivity contribution in [2.24, 2.45) is 0 Å². The molecule has 0 spiro atoms. The van der Waals surface area contributed by atoms with E-state index in [0.29, 0.717) is 0 Å². The van der Waals surface area contributed by atoms with Crippen LogP contribution in [0.3, 0.4) is 0 Å². The van der Waals surface area contributed by atoms with Crippen molar-refractivity contribution in [3.05, 3.63) is 71.3 Å². The van der Waals surface area contributed by atoms with E-state index in [-0.39, 0.29) is 11.9 Å². The second kappa shape index (κ2) is 7.23. The molecular weight excluding hydrogens is 272 g/mol. The quantitative estimate of drug-likeness (QED) is 0.890. The summed E-state index contributed by atoms with van der Waals surface area (Å²) >= 11 is 0. The van der Waals surface area contributed by atoms with Crippen molar-refractivity contribution < 1.29 is 4.79 Å². The summed E-state index contributed by atoms with van der Waals surface area (Å²) < 4.78 is 0. The first-order valence-corrected chi connectivity index (χ1v) is 7.96. The maximum absolute atomic E-state index is 12.5. The van der Waals surface area contributed by atoms with Gasteiger partial charge in [0.15, 0.2) is 0 Å². The van der Waals surface area contributed by atoms with E-state index in [1.165, 1.54) is 5.56 Å². The lowest BCUT2D eigenvalue weighted by molar-refractivity contribution is 0.0939. The van der Waals surface area contributed by atoms with Crippen molar-refractivity contribution in [2.45, 2.75) is 25.3 Å². The molecule has 0 bridgehead atoms. The zero-order valence-corrected chi connectivity index (χ0v) is 12.7. The van der Waals surface area contributed by atoms with Crippen molar-refractivity contribution in [1.82, 2.24) is 10.6 Å². The molecule has 0 radical (unpaired) electrons. The normalized spacial score (nSPS) is 17.4. The lowest BCUT2D eigenvalue weighted by Gasteiger charge is -2.14. The van der Waals surface area contributed by atoms with E-state index < -0.39 is 0 Å². The van der Waals surface area contributed by atoms with Gasteiger partial charge in [-0.1, -0.05) is 48.5 Å². The molecule has 1 aliphatic rings. The highest BCUT2D eigenvalue weighted by atomic mass is 16.1. The molecule has 1 atom stereocenters. The Bertz CT molecular complexity index is 618. The maximum atomic E-state index is 12.5. The first kappa shape index (κ1) is 14.8. The van der Waals surface area contributed by atoms with Crippen LogP contribution in [0, 0.1) is 0 Å². The molecule has 22 heavy (non-hydrogen) atoms. The summed E-state index contributed by atoms with van der Waals surface area (Å²) in [5, 5.41) is 6.41. The Morgan fingerprint density at radius 3 is 2.59 bits per heavy atom. The van der Waals surface area contributed by atoms with Crippen LogP contribution in [-0.4, -0.2) is 25.0 Å². The number of nitrogens with one attached hydrogen (secondary N) is 2. The second-order valence-corrected chi connectivity index (χ2v) is 5.81. The van der Waals surface area contributed by atoms with Crippen molar-refractivity contribution in [3.63, 3.8) is 0 Å². The Balaban J connectivity index is 1.67. The maximum Gasteiger partial charge on any atom is 0.251 e. The fraction of sp³-hybridized carbons (Fsp3) is 0.316. The first-order chi connectivity index (χ1) is 10.8. The van der Waals surface area contributed by atoms with Crippen LogP contribution in [-0.2, 0) is 12.8 Å². The first-order valence-electron chi connectivity index (χ1n) is 7.96. The summed E-state index contributed by atoms with van der Waals surface area (Å²) in [5.41, 5.74) is 3.23. The Hall–Kier alpha value is -2.13. The number of benzene rings is 2. The molecule has 1 fully saturated rings. The molecule has 3 rings (SSSR count). The molecule has 2 aromatic rings. The van der Waals surface area contributed by atoms with E-state index >= 15 is 0 Å². The fourth-order valence-electron chi connectivity index (χ4n) is 2.92. The molecule has 2 aromatic carbocycles. The third-order valence-corrected chi connectivity index (χ3v) is 4.18. The molecule has 114 valence electrons. The highest BCUT2D eigenvalue weighted by molar-refractivity contribution is 5.95. The predicted molar refractivity (Wildman–Crippen MR) is 89.0 cm³/mol. The van der Waals surface area contributed by atoms with Crippen LogP contribution in [0.4, 0.5) is 0 Å². The van der Waals surface area contributed by atoms with Crippen LogP contribution in [0.2, 0.25) is 0 Å². The van der Waals surface area contributed by atoms with Crippen LogP contribution in [0.1, 0.15) is 27.9 Å². The Kier molecular flexibility index (Phi) is 4.86. The molecule has 2 N–H and O–H groups in total. The molecule has 0 aliphatic carbocycles. The lowest BCUT2D eigenvalue weighted by atomic mass is 9.99. The zero-order chi connectivity index (χ0) is 15.2. The van der Waals surface area contributed by atoms with E-state index in [1.807, 2.05) is 24.3 Å². The zero-order valence-electron chi connectivity index (χ0n) is 12.7. The molecule has 0 saturated carbocycles. The highest BCUT2D eigenvalue weighted by Gasteiger charge is 2.18. The van der Waals surface area contributed by atoms with Crippen molar-refractivity contribution in [2.75, 3.05) is 13.1 Å². The summed E-state index contributed by atoms with van der Waals surface area (Å²) in [7, 11) is 0. The van der Waals surface area contributed by atoms with Gasteiger partial charge in [0.2, 0.25) is 0 Å². The van der Waals surface area contributed by atoms with Gasteiger partial charge < -0.3 is 10.6 Å². The summed E-state index contributed by atoms with van der Waals surface area (Å²) in [6.07, 6.45) is 2.85. The van der Waals surface area contributed by atoms with Gasteiger partial charge in [0, 0.05) is 18.2 Å². The predicted octanol–water partition coefficient (Wildman–Crippen LogP) is 2.56. The number of hydrogen-bond acceptors (Lipinski definition) is 2. The van der Waals surface area contributed by atoms with Crippen LogP contribution >= 0.6 is 0 Å². The number of carbonyl (C=O) groups excluding carboxylic acids is 1. The van der Waals surface area contributed by atoms with Gasteiger partial charge in [-0.2, -0.15) is 0 Å². The molecule has 1 unspecified atom stereocenters. The van der Waals surface area contributed by atoms with Gasteiger partial charge in [0.1, 0.15) is 0 Å². The number of carbonyl (C=O) groups is 1. The fourth-order valence-corrected chi connectivity index (χ4v) is 2.92. The minimum absolute atomic E-state index is 0.0531. The van der Waals surface area contributed by atoms with Crippen molar-refractivity contribution >= 4 is 5.91 Å². The molecule has 1 amide bonds. The SMILES string of the molecule is O=C(NC1CCNC1)c1ccccc1CCc1ccccc1. The minimum atomic E-state index is 0.0531. The second-order valence-electron chi connectivity index (χ2n) is 5.81. The average molecular weight is 294 g/mol. The molecule has 1 heterocycles. The summed E-state index contributed by atoms with van der Waals surface area (Å²) in [6.45, 7) is 1.86. The Morgan fingerprint density at radius 2 is 1.82 bits per heavy atom. The van der Waals surface area contributed by atoms with Gasteiger partial charge in [-0.3, -0.25) is 4.79 Å². The molecule has 3 heteroatoms. The number of aryl methyl sites for hydroxylation is 2. The Morgan fingerprint density at radius 1 is 1.05 bits per heavy atom. The van der Waals surface area contributed by atoms with Gasteiger partial charge in [-0.25, -0.2) is 0 Å². The average Bonchev–Trinajstić information content (AvgIpc) is 3.07. The smallest absolute Gasteiger partial charge is 0.251 e. The summed E-state index contributed by atoms with van der Waals surface area (Å²) in [4.78, 5) is 12.5. The standard InChI is InChI=1S/C19H22N2O/c22-19(21-17-12-13-20-14-17)18-9-5-4-8-16(18)11-10-15-6-2-1-3-7-15/h1-9,17,20H,10-14H2,(H,21,22). The van der Waals surface area contributed by atoms with E-state index in [2.05, 4.69) is 41.0 Å². The molecular formula is C19H22N2O. The van der Waals surface area contributed by atoms with Gasteiger partial charge in [-0.05, 0) is 43.0 Å². The molecule has 1 aliphatic heterocycles. The largest absolute Gasteiger partial charge is 0.348 e. The van der Waals surface area contributed by atoms with Crippen LogP contribution in [0.15, 0.2) is 54.6 Å². The molecule has 0 aromatic heterocycles. The van der Waals surface area contributed by atoms with Crippen molar-refractivity contribution in [3.8, 4) is 0 Å². The van der Waals surface area contributed by atoms with Crippen LogP contribution in [0.25, 0.3) is 0 Å². The third kappa shape index (κ3) is 3.74. The van der Waals surface area contributed by atoms with Crippen molar-refractivity contribution in [1.29, 1.82) is 0 Å². The Labute approximate surface area is 131 Å². The monoisotopic (exact) mass is 294 g/mol. The number of amides is 1. The van der Waals surface area contributed by atoms with E-state index in [9.17, 15) is 4.79 Å². The van der Waals surface area contributed by atoms with Gasteiger partial charge >= 0.3 is 0 Å². The summed E-state index contributed by atoms with van der Waals surface area (Å²) in [6, 6.07) is 18.6. The van der Waals surface area contributed by atoms with Gasteiger partial charge in [0.25, 0.3) is 5.91 Å². The van der Waals surface area contributed by atoms with Crippen LogP contribution in [0.5, 0.6) is 0 Å². The number of rotatable bonds is 5. The summed E-state index contributed by atoms with van der Waals surface area (Å²) in [5.74, 6) is 0.0531.